The highest BCUT2D eigenvalue weighted by Crippen LogP contribution is 2.41. The Labute approximate surface area is 145 Å². The number of hydrogen-bond acceptors (Lipinski definition) is 3. The van der Waals surface area contributed by atoms with E-state index >= 15 is 0 Å². The van der Waals surface area contributed by atoms with Crippen LogP contribution in [0.5, 0.6) is 0 Å². The van der Waals surface area contributed by atoms with Crippen LogP contribution in [0, 0.1) is 35.0 Å². The van der Waals surface area contributed by atoms with E-state index in [-0.39, 0.29) is 12.0 Å². The first-order chi connectivity index (χ1) is 11.8. The lowest BCUT2D eigenvalue weighted by Gasteiger charge is -2.33. The normalized spacial score (nSPS) is 22.4. The number of hydrogen-bond donors (Lipinski definition) is 0. The SMILES string of the molecule is CO[SiH](OC)OC(C)C1CCC(c2c(F)c(F)c(F)c(F)c2F)CC1. The second-order valence-corrected chi connectivity index (χ2v) is 7.99. The minimum atomic E-state index is -2.19. The first-order valence-corrected chi connectivity index (χ1v) is 9.45. The van der Waals surface area contributed by atoms with E-state index in [2.05, 4.69) is 0 Å². The van der Waals surface area contributed by atoms with Crippen molar-refractivity contribution in [3.8, 4) is 0 Å². The lowest BCUT2D eigenvalue weighted by atomic mass is 9.76. The van der Waals surface area contributed by atoms with Crippen molar-refractivity contribution in [2.45, 2.75) is 44.6 Å². The van der Waals surface area contributed by atoms with E-state index in [9.17, 15) is 22.0 Å². The van der Waals surface area contributed by atoms with Gasteiger partial charge in [0.2, 0.25) is 5.82 Å². The quantitative estimate of drug-likeness (QED) is 0.320. The van der Waals surface area contributed by atoms with E-state index in [1.54, 1.807) is 0 Å². The minimum Gasteiger partial charge on any atom is -0.379 e. The molecular weight excluding hydrogens is 363 g/mol. The molecule has 2 rings (SSSR count). The van der Waals surface area contributed by atoms with E-state index < -0.39 is 50.1 Å². The molecule has 1 aliphatic rings. The fraction of sp³-hybridized carbons (Fsp3) is 0.625. The maximum Gasteiger partial charge on any atom is 0.483 e. The van der Waals surface area contributed by atoms with Gasteiger partial charge in [-0.25, -0.2) is 22.0 Å². The highest BCUT2D eigenvalue weighted by molar-refractivity contribution is 6.36. The highest BCUT2D eigenvalue weighted by atomic mass is 28.3. The molecule has 1 atom stereocenters. The Kier molecular flexibility index (Phi) is 6.95. The largest absolute Gasteiger partial charge is 0.483 e. The molecule has 1 unspecified atom stereocenters. The van der Waals surface area contributed by atoms with Crippen molar-refractivity contribution in [1.82, 2.24) is 0 Å². The Morgan fingerprint density at radius 2 is 1.24 bits per heavy atom. The lowest BCUT2D eigenvalue weighted by molar-refractivity contribution is 0.0484. The van der Waals surface area contributed by atoms with E-state index in [0.717, 1.165) is 0 Å². The van der Waals surface area contributed by atoms with Gasteiger partial charge in [0.25, 0.3) is 0 Å². The summed E-state index contributed by atoms with van der Waals surface area (Å²) in [6.07, 6.45) is 1.58. The van der Waals surface area contributed by atoms with Crippen LogP contribution in [0.4, 0.5) is 22.0 Å². The number of halogens is 5. The summed E-state index contributed by atoms with van der Waals surface area (Å²) in [5.41, 5.74) is -0.704. The van der Waals surface area contributed by atoms with Gasteiger partial charge in [0.05, 0.1) is 0 Å². The predicted octanol–water partition coefficient (Wildman–Crippen LogP) is 4.07. The van der Waals surface area contributed by atoms with Gasteiger partial charge in [-0.3, -0.25) is 0 Å². The van der Waals surface area contributed by atoms with Crippen molar-refractivity contribution in [2.24, 2.45) is 5.92 Å². The van der Waals surface area contributed by atoms with Gasteiger partial charge in [0, 0.05) is 25.9 Å². The third-order valence-electron chi connectivity index (χ3n) is 4.80. The molecule has 3 nitrogen and oxygen atoms in total. The van der Waals surface area contributed by atoms with Gasteiger partial charge < -0.3 is 13.3 Å². The molecule has 0 N–H and O–H groups in total. The smallest absolute Gasteiger partial charge is 0.379 e. The van der Waals surface area contributed by atoms with Gasteiger partial charge in [0.1, 0.15) is 0 Å². The molecule has 0 radical (unpaired) electrons. The molecule has 25 heavy (non-hydrogen) atoms. The summed E-state index contributed by atoms with van der Waals surface area (Å²) >= 11 is 0. The van der Waals surface area contributed by atoms with Gasteiger partial charge in [-0.15, -0.1) is 0 Å². The molecule has 9 heteroatoms. The molecule has 0 spiro atoms. The molecule has 1 aromatic carbocycles. The van der Waals surface area contributed by atoms with Gasteiger partial charge in [0.15, 0.2) is 23.3 Å². The minimum absolute atomic E-state index is 0.109. The maximum atomic E-state index is 13.9. The molecule has 0 saturated heterocycles. The van der Waals surface area contributed by atoms with Crippen LogP contribution in [-0.2, 0) is 13.3 Å². The second kappa shape index (κ2) is 8.57. The lowest BCUT2D eigenvalue weighted by Crippen LogP contribution is -2.34. The van der Waals surface area contributed by atoms with Crippen molar-refractivity contribution in [1.29, 1.82) is 0 Å². The highest BCUT2D eigenvalue weighted by Gasteiger charge is 2.34. The van der Waals surface area contributed by atoms with E-state index in [1.165, 1.54) is 14.2 Å². The third kappa shape index (κ3) is 4.21. The molecule has 1 fully saturated rings. The van der Waals surface area contributed by atoms with Crippen molar-refractivity contribution < 1.29 is 35.2 Å². The average Bonchev–Trinajstić information content (AvgIpc) is 2.63. The molecule has 1 saturated carbocycles. The molecule has 0 amide bonds. The van der Waals surface area contributed by atoms with Crippen LogP contribution in [0.2, 0.25) is 0 Å². The molecule has 1 aromatic rings. The predicted molar refractivity (Wildman–Crippen MR) is 82.6 cm³/mol. The molecule has 0 aromatic heterocycles. The summed E-state index contributed by atoms with van der Waals surface area (Å²) in [4.78, 5) is 0. The van der Waals surface area contributed by atoms with Crippen molar-refractivity contribution in [3.63, 3.8) is 0 Å². The van der Waals surface area contributed by atoms with Crippen LogP contribution in [0.1, 0.15) is 44.1 Å². The molecule has 0 bridgehead atoms. The summed E-state index contributed by atoms with van der Waals surface area (Å²) in [5, 5.41) is 0. The standard InChI is InChI=1S/C16H21F5O3Si/c1-8(24-25(22-2)23-3)9-4-6-10(7-5-9)11-12(17)14(19)16(21)15(20)13(11)18/h8-10,25H,4-7H2,1-3H3. The van der Waals surface area contributed by atoms with E-state index in [1.807, 2.05) is 6.92 Å². The molecule has 142 valence electrons. The summed E-state index contributed by atoms with van der Waals surface area (Å²) in [6, 6.07) is 0. The maximum absolute atomic E-state index is 13.9. The Morgan fingerprint density at radius 1 is 0.800 bits per heavy atom. The summed E-state index contributed by atoms with van der Waals surface area (Å²) in [6.45, 7) is 1.86. The first kappa shape index (κ1) is 20.3. The van der Waals surface area contributed by atoms with Gasteiger partial charge in [-0.05, 0) is 44.4 Å². The topological polar surface area (TPSA) is 27.7 Å². The summed E-state index contributed by atoms with van der Waals surface area (Å²) in [5.74, 6) is -9.94. The number of rotatable bonds is 6. The van der Waals surface area contributed by atoms with Crippen molar-refractivity contribution in [2.75, 3.05) is 14.2 Å². The van der Waals surface area contributed by atoms with E-state index in [0.29, 0.717) is 25.7 Å². The zero-order valence-electron chi connectivity index (χ0n) is 14.3. The van der Waals surface area contributed by atoms with Crippen LogP contribution in [0.25, 0.3) is 0 Å². The molecular formula is C16H21F5O3Si. The monoisotopic (exact) mass is 384 g/mol. The van der Waals surface area contributed by atoms with Crippen LogP contribution in [-0.4, -0.2) is 29.9 Å². The molecule has 1 aliphatic carbocycles. The first-order valence-electron chi connectivity index (χ1n) is 8.04. The zero-order valence-corrected chi connectivity index (χ0v) is 15.4. The van der Waals surface area contributed by atoms with Crippen molar-refractivity contribution in [3.05, 3.63) is 34.6 Å². The van der Waals surface area contributed by atoms with Gasteiger partial charge in [-0.2, -0.15) is 0 Å². The van der Waals surface area contributed by atoms with Crippen LogP contribution in [0.15, 0.2) is 0 Å². The summed E-state index contributed by atoms with van der Waals surface area (Å²) < 4.78 is 83.7. The Balaban J connectivity index is 2.08. The Bertz CT molecular complexity index is 575. The second-order valence-electron chi connectivity index (χ2n) is 6.20. The fourth-order valence-corrected chi connectivity index (χ4v) is 4.34. The Morgan fingerprint density at radius 3 is 1.68 bits per heavy atom. The number of benzene rings is 1. The van der Waals surface area contributed by atoms with E-state index in [4.69, 9.17) is 13.3 Å². The zero-order chi connectivity index (χ0) is 18.7. The van der Waals surface area contributed by atoms with Gasteiger partial charge in [-0.1, -0.05) is 0 Å². The molecule has 0 heterocycles. The third-order valence-corrected chi connectivity index (χ3v) is 6.22. The van der Waals surface area contributed by atoms with Crippen LogP contribution < -0.4 is 0 Å². The van der Waals surface area contributed by atoms with Gasteiger partial charge >= 0.3 is 9.53 Å². The molecule has 0 aliphatic heterocycles. The fourth-order valence-electron chi connectivity index (χ4n) is 3.35. The van der Waals surface area contributed by atoms with Crippen LogP contribution >= 0.6 is 0 Å². The van der Waals surface area contributed by atoms with Crippen molar-refractivity contribution >= 4 is 9.53 Å². The summed E-state index contributed by atoms with van der Waals surface area (Å²) in [7, 11) is 0.794. The van der Waals surface area contributed by atoms with Crippen LogP contribution in [0.3, 0.4) is 0 Å². The average molecular weight is 384 g/mol. The Hall–Kier alpha value is -1.03.